The number of hydrogen-bond donors (Lipinski definition) is 2. The van der Waals surface area contributed by atoms with Crippen molar-refractivity contribution in [2.45, 2.75) is 26.2 Å². The van der Waals surface area contributed by atoms with Crippen LogP contribution in [-0.2, 0) is 14.8 Å². The molecule has 16 heavy (non-hydrogen) atoms. The summed E-state index contributed by atoms with van der Waals surface area (Å²) in [7, 11) is -1.56. The van der Waals surface area contributed by atoms with E-state index in [4.69, 9.17) is 10.5 Å². The minimum Gasteiger partial charge on any atom is -0.385 e. The number of rotatable bonds is 10. The highest BCUT2D eigenvalue weighted by atomic mass is 32.2. The molecule has 0 amide bonds. The van der Waals surface area contributed by atoms with E-state index in [9.17, 15) is 8.42 Å². The second kappa shape index (κ2) is 8.92. The van der Waals surface area contributed by atoms with E-state index >= 15 is 0 Å². The van der Waals surface area contributed by atoms with E-state index in [1.807, 2.05) is 0 Å². The van der Waals surface area contributed by atoms with Gasteiger partial charge in [0.1, 0.15) is 0 Å². The molecule has 0 saturated carbocycles. The fourth-order valence-electron chi connectivity index (χ4n) is 1.26. The topological polar surface area (TPSA) is 81.4 Å². The Morgan fingerprint density at radius 2 is 2.06 bits per heavy atom. The van der Waals surface area contributed by atoms with Crippen molar-refractivity contribution in [1.29, 1.82) is 0 Å². The van der Waals surface area contributed by atoms with Crippen molar-refractivity contribution < 1.29 is 13.2 Å². The van der Waals surface area contributed by atoms with E-state index in [1.54, 1.807) is 7.11 Å². The van der Waals surface area contributed by atoms with Crippen molar-refractivity contribution in [2.75, 3.05) is 32.6 Å². The van der Waals surface area contributed by atoms with Gasteiger partial charge in [0.15, 0.2) is 0 Å². The summed E-state index contributed by atoms with van der Waals surface area (Å²) < 4.78 is 30.2. The fourth-order valence-corrected chi connectivity index (χ4v) is 2.36. The zero-order chi connectivity index (χ0) is 12.4. The van der Waals surface area contributed by atoms with Crippen molar-refractivity contribution in [3.8, 4) is 0 Å². The highest BCUT2D eigenvalue weighted by Crippen LogP contribution is 2.02. The molecule has 0 heterocycles. The van der Waals surface area contributed by atoms with E-state index in [0.29, 0.717) is 32.0 Å². The SMILES string of the molecule is COCCCS(=O)(=O)NCCCC(C)CN. The second-order valence-electron chi connectivity index (χ2n) is 4.04. The molecule has 0 aromatic rings. The first kappa shape index (κ1) is 15.8. The van der Waals surface area contributed by atoms with Gasteiger partial charge in [-0.05, 0) is 31.7 Å². The Hall–Kier alpha value is -0.170. The van der Waals surface area contributed by atoms with Gasteiger partial charge >= 0.3 is 0 Å². The molecule has 0 spiro atoms. The average Bonchev–Trinajstić information content (AvgIpc) is 2.24. The number of ether oxygens (including phenoxy) is 1. The Morgan fingerprint density at radius 3 is 2.62 bits per heavy atom. The lowest BCUT2D eigenvalue weighted by molar-refractivity contribution is 0.199. The highest BCUT2D eigenvalue weighted by Gasteiger charge is 2.08. The Bertz CT molecular complexity index is 255. The van der Waals surface area contributed by atoms with Gasteiger partial charge < -0.3 is 10.5 Å². The summed E-state index contributed by atoms with van der Waals surface area (Å²) in [4.78, 5) is 0. The molecule has 0 aromatic carbocycles. The van der Waals surface area contributed by atoms with Crippen LogP contribution in [0, 0.1) is 5.92 Å². The van der Waals surface area contributed by atoms with Gasteiger partial charge in [0.25, 0.3) is 0 Å². The quantitative estimate of drug-likeness (QED) is 0.549. The van der Waals surface area contributed by atoms with Crippen molar-refractivity contribution >= 4 is 10.0 Å². The standard InChI is InChI=1S/C10H24N2O3S/c1-10(9-11)5-3-6-12-16(13,14)8-4-7-15-2/h10,12H,3-9,11H2,1-2H3. The van der Waals surface area contributed by atoms with Crippen molar-refractivity contribution in [2.24, 2.45) is 11.7 Å². The summed E-state index contributed by atoms with van der Waals surface area (Å²) in [6.07, 6.45) is 2.32. The molecular formula is C10H24N2O3S. The second-order valence-corrected chi connectivity index (χ2v) is 5.97. The van der Waals surface area contributed by atoms with E-state index in [-0.39, 0.29) is 5.75 Å². The van der Waals surface area contributed by atoms with Crippen LogP contribution in [-0.4, -0.2) is 41.0 Å². The van der Waals surface area contributed by atoms with Crippen molar-refractivity contribution in [3.63, 3.8) is 0 Å². The first-order chi connectivity index (χ1) is 7.52. The third-order valence-corrected chi connectivity index (χ3v) is 3.83. The normalized spacial score (nSPS) is 13.9. The number of sulfonamides is 1. The van der Waals surface area contributed by atoms with Gasteiger partial charge in [-0.1, -0.05) is 6.92 Å². The maximum absolute atomic E-state index is 11.4. The minimum absolute atomic E-state index is 0.132. The molecule has 0 aliphatic rings. The molecule has 5 nitrogen and oxygen atoms in total. The summed E-state index contributed by atoms with van der Waals surface area (Å²) >= 11 is 0. The van der Waals surface area contributed by atoms with E-state index in [1.165, 1.54) is 0 Å². The molecule has 0 bridgehead atoms. The third-order valence-electron chi connectivity index (χ3n) is 2.36. The minimum atomic E-state index is -3.12. The molecule has 0 rings (SSSR count). The third kappa shape index (κ3) is 9.08. The smallest absolute Gasteiger partial charge is 0.211 e. The average molecular weight is 252 g/mol. The summed E-state index contributed by atoms with van der Waals surface area (Å²) in [5.74, 6) is 0.589. The molecule has 0 fully saturated rings. The molecule has 1 atom stereocenters. The summed E-state index contributed by atoms with van der Waals surface area (Å²) in [6, 6.07) is 0. The zero-order valence-electron chi connectivity index (χ0n) is 10.2. The van der Waals surface area contributed by atoms with Crippen LogP contribution in [0.3, 0.4) is 0 Å². The zero-order valence-corrected chi connectivity index (χ0v) is 11.1. The highest BCUT2D eigenvalue weighted by molar-refractivity contribution is 7.89. The molecule has 0 aromatic heterocycles. The molecule has 3 N–H and O–H groups in total. The first-order valence-electron chi connectivity index (χ1n) is 5.68. The fraction of sp³-hybridized carbons (Fsp3) is 1.00. The van der Waals surface area contributed by atoms with Gasteiger partial charge in [-0.25, -0.2) is 13.1 Å². The molecule has 6 heteroatoms. The van der Waals surface area contributed by atoms with Crippen LogP contribution >= 0.6 is 0 Å². The largest absolute Gasteiger partial charge is 0.385 e. The van der Waals surface area contributed by atoms with E-state index < -0.39 is 10.0 Å². The van der Waals surface area contributed by atoms with Crippen LogP contribution in [0.5, 0.6) is 0 Å². The van der Waals surface area contributed by atoms with Crippen LogP contribution in [0.25, 0.3) is 0 Å². The van der Waals surface area contributed by atoms with Crippen molar-refractivity contribution in [1.82, 2.24) is 4.72 Å². The Balaban J connectivity index is 3.58. The monoisotopic (exact) mass is 252 g/mol. The maximum Gasteiger partial charge on any atom is 0.211 e. The van der Waals surface area contributed by atoms with Crippen LogP contribution in [0.2, 0.25) is 0 Å². The predicted octanol–water partition coefficient (Wildman–Crippen LogP) is 0.317. The number of nitrogens with one attached hydrogen (secondary N) is 1. The molecule has 0 aliphatic heterocycles. The lowest BCUT2D eigenvalue weighted by Gasteiger charge is -2.09. The van der Waals surface area contributed by atoms with Gasteiger partial charge in [-0.2, -0.15) is 0 Å². The molecular weight excluding hydrogens is 228 g/mol. The molecule has 0 saturated heterocycles. The summed E-state index contributed by atoms with van der Waals surface area (Å²) in [6.45, 7) is 3.69. The van der Waals surface area contributed by atoms with Gasteiger partial charge in [-0.3, -0.25) is 0 Å². The lowest BCUT2D eigenvalue weighted by Crippen LogP contribution is -2.28. The molecule has 0 radical (unpaired) electrons. The first-order valence-corrected chi connectivity index (χ1v) is 7.33. The summed E-state index contributed by atoms with van der Waals surface area (Å²) in [5, 5.41) is 0. The summed E-state index contributed by atoms with van der Waals surface area (Å²) in [5.41, 5.74) is 5.47. The van der Waals surface area contributed by atoms with E-state index in [0.717, 1.165) is 12.8 Å². The van der Waals surface area contributed by atoms with Crippen LogP contribution in [0.4, 0.5) is 0 Å². The maximum atomic E-state index is 11.4. The van der Waals surface area contributed by atoms with Gasteiger partial charge in [0, 0.05) is 20.3 Å². The Morgan fingerprint density at radius 1 is 1.38 bits per heavy atom. The molecule has 0 aliphatic carbocycles. The number of hydrogen-bond acceptors (Lipinski definition) is 4. The van der Waals surface area contributed by atoms with E-state index in [2.05, 4.69) is 11.6 Å². The van der Waals surface area contributed by atoms with Crippen LogP contribution in [0.1, 0.15) is 26.2 Å². The van der Waals surface area contributed by atoms with Gasteiger partial charge in [0.05, 0.1) is 5.75 Å². The van der Waals surface area contributed by atoms with Gasteiger partial charge in [-0.15, -0.1) is 0 Å². The number of nitrogens with two attached hydrogens (primary N) is 1. The molecule has 1 unspecified atom stereocenters. The lowest BCUT2D eigenvalue weighted by atomic mass is 10.1. The van der Waals surface area contributed by atoms with Crippen molar-refractivity contribution in [3.05, 3.63) is 0 Å². The Labute approximate surface area is 98.8 Å². The predicted molar refractivity (Wildman–Crippen MR) is 65.7 cm³/mol. The van der Waals surface area contributed by atoms with Gasteiger partial charge in [0.2, 0.25) is 10.0 Å². The van der Waals surface area contributed by atoms with Crippen LogP contribution in [0.15, 0.2) is 0 Å². The number of methoxy groups -OCH3 is 1. The Kier molecular flexibility index (Phi) is 8.83. The van der Waals surface area contributed by atoms with Crippen LogP contribution < -0.4 is 10.5 Å². The molecule has 98 valence electrons.